The highest BCUT2D eigenvalue weighted by Crippen LogP contribution is 1.82. The van der Waals surface area contributed by atoms with Crippen molar-refractivity contribution in [2.24, 2.45) is 0 Å². The molecule has 0 fully saturated rings. The van der Waals surface area contributed by atoms with E-state index < -0.39 is 0 Å². The minimum absolute atomic E-state index is 0.0950. The topological polar surface area (TPSA) is 50.4 Å². The second-order valence-corrected chi connectivity index (χ2v) is 3.14. The first-order chi connectivity index (χ1) is 7.31. The summed E-state index contributed by atoms with van der Waals surface area (Å²) in [6, 6.07) is 0. The van der Waals surface area contributed by atoms with Gasteiger partial charge in [-0.25, -0.2) is 0 Å². The molecule has 4 nitrogen and oxygen atoms in total. The first-order valence-electron chi connectivity index (χ1n) is 5.47. The smallest absolute Gasteiger partial charge is 0.221 e. The van der Waals surface area contributed by atoms with Gasteiger partial charge >= 0.3 is 0 Å². The molecule has 0 radical (unpaired) electrons. The first-order valence-corrected chi connectivity index (χ1v) is 5.47. The number of hydrogen-bond acceptors (Lipinski definition) is 3. The highest BCUT2D eigenvalue weighted by atomic mass is 16.5. The van der Waals surface area contributed by atoms with Gasteiger partial charge in [0.25, 0.3) is 0 Å². The van der Waals surface area contributed by atoms with E-state index in [1.807, 2.05) is 13.0 Å². The van der Waals surface area contributed by atoms with Crippen molar-refractivity contribution in [1.29, 1.82) is 0 Å². The largest absolute Gasteiger partial charge is 0.380 e. The van der Waals surface area contributed by atoms with Gasteiger partial charge in [-0.05, 0) is 13.3 Å². The van der Waals surface area contributed by atoms with Gasteiger partial charge in [0.05, 0.1) is 13.2 Å². The number of nitrogens with one attached hydrogen (secondary N) is 2. The fourth-order valence-corrected chi connectivity index (χ4v) is 1.03. The zero-order chi connectivity index (χ0) is 11.4. The Balaban J connectivity index is 3.04. The molecule has 0 aromatic rings. The molecule has 0 heterocycles. The lowest BCUT2D eigenvalue weighted by Crippen LogP contribution is -2.28. The Kier molecular flexibility index (Phi) is 10.6. The Morgan fingerprint density at radius 1 is 1.40 bits per heavy atom. The molecule has 0 atom stereocenters. The summed E-state index contributed by atoms with van der Waals surface area (Å²) in [6.07, 6.45) is 3.25. The van der Waals surface area contributed by atoms with Crippen molar-refractivity contribution in [2.75, 3.05) is 32.8 Å². The number of carbonyl (C=O) groups excluding carboxylic acids is 1. The summed E-state index contributed by atoms with van der Waals surface area (Å²) in [5.41, 5.74) is 0. The minimum Gasteiger partial charge on any atom is -0.380 e. The van der Waals surface area contributed by atoms with Crippen LogP contribution in [0.1, 0.15) is 19.8 Å². The molecular formula is C11H22N2O2. The van der Waals surface area contributed by atoms with Crippen molar-refractivity contribution in [3.8, 4) is 0 Å². The van der Waals surface area contributed by atoms with E-state index in [1.165, 1.54) is 0 Å². The fraction of sp³-hybridized carbons (Fsp3) is 0.727. The Morgan fingerprint density at radius 2 is 2.20 bits per heavy atom. The molecular weight excluding hydrogens is 192 g/mol. The van der Waals surface area contributed by atoms with E-state index in [9.17, 15) is 4.79 Å². The van der Waals surface area contributed by atoms with Gasteiger partial charge < -0.3 is 15.4 Å². The second-order valence-electron chi connectivity index (χ2n) is 3.14. The van der Waals surface area contributed by atoms with Crippen LogP contribution in [-0.4, -0.2) is 38.8 Å². The quantitative estimate of drug-likeness (QED) is 0.415. The van der Waals surface area contributed by atoms with E-state index >= 15 is 0 Å². The normalized spacial score (nSPS) is 9.93. The molecule has 0 spiro atoms. The van der Waals surface area contributed by atoms with Crippen molar-refractivity contribution in [2.45, 2.75) is 19.8 Å². The molecule has 0 unspecified atom stereocenters. The van der Waals surface area contributed by atoms with E-state index in [4.69, 9.17) is 4.74 Å². The molecule has 0 aromatic heterocycles. The number of ether oxygens (including phenoxy) is 1. The maximum absolute atomic E-state index is 11.0. The average molecular weight is 214 g/mol. The van der Waals surface area contributed by atoms with Gasteiger partial charge in [0.1, 0.15) is 0 Å². The third-order valence-corrected chi connectivity index (χ3v) is 1.79. The van der Waals surface area contributed by atoms with E-state index in [0.29, 0.717) is 26.1 Å². The van der Waals surface area contributed by atoms with Crippen LogP contribution < -0.4 is 10.6 Å². The lowest BCUT2D eigenvalue weighted by atomic mass is 10.4. The lowest BCUT2D eigenvalue weighted by molar-refractivity contribution is -0.120. The number of carbonyl (C=O) groups is 1. The van der Waals surface area contributed by atoms with Crippen molar-refractivity contribution in [3.05, 3.63) is 12.7 Å². The van der Waals surface area contributed by atoms with Crippen LogP contribution in [0.25, 0.3) is 0 Å². The Hall–Kier alpha value is -0.870. The maximum Gasteiger partial charge on any atom is 0.221 e. The second kappa shape index (κ2) is 11.2. The van der Waals surface area contributed by atoms with Crippen molar-refractivity contribution in [3.63, 3.8) is 0 Å². The van der Waals surface area contributed by atoms with E-state index in [-0.39, 0.29) is 5.91 Å². The summed E-state index contributed by atoms with van der Waals surface area (Å²) in [5, 5.41) is 5.88. The first kappa shape index (κ1) is 14.1. The standard InChI is InChI=1S/C11H22N2O2/c1-3-5-9-15-10-8-12-7-6-11(14)13-4-2/h3,12H,1,4-10H2,2H3,(H,13,14). The predicted molar refractivity (Wildman–Crippen MR) is 61.8 cm³/mol. The van der Waals surface area contributed by atoms with Crippen LogP contribution in [0.3, 0.4) is 0 Å². The molecule has 0 rings (SSSR count). The molecule has 0 bridgehead atoms. The molecule has 2 N–H and O–H groups in total. The average Bonchev–Trinajstić information content (AvgIpc) is 2.22. The molecule has 88 valence electrons. The van der Waals surface area contributed by atoms with Gasteiger partial charge in [-0.1, -0.05) is 6.08 Å². The molecule has 0 saturated heterocycles. The van der Waals surface area contributed by atoms with Crippen LogP contribution in [0.15, 0.2) is 12.7 Å². The van der Waals surface area contributed by atoms with Gasteiger partial charge in [0, 0.05) is 26.1 Å². The van der Waals surface area contributed by atoms with Gasteiger partial charge in [0.15, 0.2) is 0 Å². The van der Waals surface area contributed by atoms with Gasteiger partial charge in [-0.3, -0.25) is 4.79 Å². The summed E-state index contributed by atoms with van der Waals surface area (Å²) in [6.45, 7) is 9.12. The van der Waals surface area contributed by atoms with Crippen LogP contribution in [0.2, 0.25) is 0 Å². The minimum atomic E-state index is 0.0950. The van der Waals surface area contributed by atoms with Crippen LogP contribution in [-0.2, 0) is 9.53 Å². The molecule has 0 saturated carbocycles. The number of amides is 1. The SMILES string of the molecule is C=CCCOCCNCCC(=O)NCC. The maximum atomic E-state index is 11.0. The summed E-state index contributed by atoms with van der Waals surface area (Å²) >= 11 is 0. The van der Waals surface area contributed by atoms with Crippen LogP contribution in [0.4, 0.5) is 0 Å². The third-order valence-electron chi connectivity index (χ3n) is 1.79. The molecule has 0 aliphatic carbocycles. The van der Waals surface area contributed by atoms with Crippen LogP contribution in [0.5, 0.6) is 0 Å². The molecule has 0 aromatic carbocycles. The lowest BCUT2D eigenvalue weighted by Gasteiger charge is -2.05. The van der Waals surface area contributed by atoms with Crippen molar-refractivity contribution >= 4 is 5.91 Å². The van der Waals surface area contributed by atoms with E-state index in [2.05, 4.69) is 17.2 Å². The number of hydrogen-bond donors (Lipinski definition) is 2. The predicted octanol–water partition coefficient (Wildman–Crippen LogP) is 0.695. The van der Waals surface area contributed by atoms with Gasteiger partial charge in [-0.2, -0.15) is 0 Å². The third kappa shape index (κ3) is 11.1. The molecule has 0 aliphatic rings. The summed E-state index contributed by atoms with van der Waals surface area (Å²) in [5.74, 6) is 0.0950. The van der Waals surface area contributed by atoms with Gasteiger partial charge in [-0.15, -0.1) is 6.58 Å². The molecule has 1 amide bonds. The highest BCUT2D eigenvalue weighted by molar-refractivity contribution is 5.75. The summed E-state index contributed by atoms with van der Waals surface area (Å²) in [7, 11) is 0. The molecule has 4 heteroatoms. The fourth-order valence-electron chi connectivity index (χ4n) is 1.03. The summed E-state index contributed by atoms with van der Waals surface area (Å²) in [4.78, 5) is 11.0. The zero-order valence-corrected chi connectivity index (χ0v) is 9.55. The number of rotatable bonds is 10. The Bertz CT molecular complexity index is 172. The zero-order valence-electron chi connectivity index (χ0n) is 9.55. The molecule has 15 heavy (non-hydrogen) atoms. The van der Waals surface area contributed by atoms with E-state index in [1.54, 1.807) is 0 Å². The Morgan fingerprint density at radius 3 is 2.87 bits per heavy atom. The van der Waals surface area contributed by atoms with E-state index in [0.717, 1.165) is 19.6 Å². The monoisotopic (exact) mass is 214 g/mol. The molecule has 0 aliphatic heterocycles. The van der Waals surface area contributed by atoms with Crippen LogP contribution >= 0.6 is 0 Å². The highest BCUT2D eigenvalue weighted by Gasteiger charge is 1.97. The Labute approximate surface area is 92.1 Å². The van der Waals surface area contributed by atoms with Crippen molar-refractivity contribution in [1.82, 2.24) is 10.6 Å². The van der Waals surface area contributed by atoms with Crippen LogP contribution in [0, 0.1) is 0 Å². The van der Waals surface area contributed by atoms with Crippen molar-refractivity contribution < 1.29 is 9.53 Å². The van der Waals surface area contributed by atoms with Gasteiger partial charge in [0.2, 0.25) is 5.91 Å². The summed E-state index contributed by atoms with van der Waals surface area (Å²) < 4.78 is 5.29.